The lowest BCUT2D eigenvalue weighted by Crippen LogP contribution is -2.64. The van der Waals surface area contributed by atoms with Crippen LogP contribution >= 0.6 is 11.8 Å². The Labute approximate surface area is 362 Å². The van der Waals surface area contributed by atoms with Crippen molar-refractivity contribution in [1.29, 1.82) is 0 Å². The standard InChI is InChI=1S/C48H58N2O10S/c1-4-24-57-48-44(61-37-18-14-34(15-19-37)49-31(2)54)29-41(50-60-45-13-7-10-25-56-45)39-27-32(11-5-8-22-51)38(12-6-9-23-52)46(47(39)48)40-28-36(17-21-43(40)59-48)58-35-16-20-42(55-3)33(26-35)30-53/h4,14-21,26-28,30,32,38,44-47,51-52H,1,5-13,22-25,29H2,2-3H3,(H,49,54). The van der Waals surface area contributed by atoms with E-state index in [0.29, 0.717) is 60.1 Å². The van der Waals surface area contributed by atoms with E-state index in [1.165, 1.54) is 14.0 Å². The maximum atomic E-state index is 11.9. The molecule has 7 unspecified atom stereocenters. The first-order valence-corrected chi connectivity index (χ1v) is 22.4. The number of amides is 1. The third kappa shape index (κ3) is 10.2. The summed E-state index contributed by atoms with van der Waals surface area (Å²) in [6, 6.07) is 18.8. The van der Waals surface area contributed by atoms with Gasteiger partial charge < -0.3 is 44.1 Å². The van der Waals surface area contributed by atoms with Crippen molar-refractivity contribution in [3.63, 3.8) is 0 Å². The van der Waals surface area contributed by atoms with Gasteiger partial charge in [-0.25, -0.2) is 0 Å². The van der Waals surface area contributed by atoms with Gasteiger partial charge in [0.1, 0.15) is 23.0 Å². The predicted octanol–water partition coefficient (Wildman–Crippen LogP) is 9.21. The number of allylic oxidation sites excluding steroid dienone is 1. The smallest absolute Gasteiger partial charge is 0.231 e. The van der Waals surface area contributed by atoms with E-state index in [2.05, 4.69) is 24.0 Å². The minimum Gasteiger partial charge on any atom is -0.496 e. The molecule has 2 fully saturated rings. The molecule has 61 heavy (non-hydrogen) atoms. The molecule has 0 bridgehead atoms. The van der Waals surface area contributed by atoms with Crippen LogP contribution in [0.5, 0.6) is 23.0 Å². The summed E-state index contributed by atoms with van der Waals surface area (Å²) in [4.78, 5) is 31.0. The normalized spacial score (nSPS) is 25.9. The molecule has 2 heterocycles. The molecule has 3 aromatic rings. The van der Waals surface area contributed by atoms with E-state index in [1.807, 2.05) is 36.4 Å². The second kappa shape index (κ2) is 20.9. The van der Waals surface area contributed by atoms with Crippen LogP contribution in [0.2, 0.25) is 0 Å². The molecule has 13 heteroatoms. The summed E-state index contributed by atoms with van der Waals surface area (Å²) in [5, 5.41) is 27.3. The number of nitrogens with one attached hydrogen (secondary N) is 1. The van der Waals surface area contributed by atoms with Crippen LogP contribution in [0.1, 0.15) is 93.0 Å². The predicted molar refractivity (Wildman–Crippen MR) is 235 cm³/mol. The minimum absolute atomic E-state index is 0.0933. The number of carbonyl (C=O) groups excluding carboxylic acids is 2. The molecule has 12 nitrogen and oxygen atoms in total. The molecule has 1 saturated heterocycles. The number of benzene rings is 3. The largest absolute Gasteiger partial charge is 0.496 e. The number of fused-ring (bicyclic) bond motifs is 2. The van der Waals surface area contributed by atoms with E-state index in [0.717, 1.165) is 73.0 Å². The van der Waals surface area contributed by atoms with Gasteiger partial charge in [-0.15, -0.1) is 18.3 Å². The first-order chi connectivity index (χ1) is 29.8. The molecule has 3 N–H and O–H groups in total. The second-order valence-corrected chi connectivity index (χ2v) is 17.4. The van der Waals surface area contributed by atoms with Crippen molar-refractivity contribution in [2.75, 3.05) is 38.9 Å². The number of rotatable bonds is 20. The van der Waals surface area contributed by atoms with Crippen LogP contribution in [0.4, 0.5) is 5.69 Å². The molecule has 1 saturated carbocycles. The summed E-state index contributed by atoms with van der Waals surface area (Å²) in [5.74, 6) is 0.565. The summed E-state index contributed by atoms with van der Waals surface area (Å²) >= 11 is 1.64. The number of aliphatic hydroxyl groups is 2. The second-order valence-electron chi connectivity index (χ2n) is 16.1. The minimum atomic E-state index is -1.19. The Kier molecular flexibility index (Phi) is 15.2. The highest BCUT2D eigenvalue weighted by Gasteiger charge is 2.64. The van der Waals surface area contributed by atoms with E-state index in [4.69, 9.17) is 33.7 Å². The zero-order chi connectivity index (χ0) is 42.8. The fraction of sp³-hybridized carbons (Fsp3) is 0.479. The van der Waals surface area contributed by atoms with E-state index in [1.54, 1.807) is 36.0 Å². The Hall–Kier alpha value is -4.66. The Morgan fingerprint density at radius 2 is 1.79 bits per heavy atom. The molecule has 0 aromatic heterocycles. The van der Waals surface area contributed by atoms with E-state index in [9.17, 15) is 19.8 Å². The number of oxime groups is 1. The van der Waals surface area contributed by atoms with Crippen LogP contribution in [0.25, 0.3) is 0 Å². The fourth-order valence-electron chi connectivity index (χ4n) is 9.39. The molecule has 0 radical (unpaired) electrons. The number of methoxy groups -OCH3 is 1. The quantitative estimate of drug-likeness (QED) is 0.0431. The number of unbranched alkanes of at least 4 members (excludes halogenated alkanes) is 2. The Balaban J connectivity index is 1.39. The molecular weight excluding hydrogens is 797 g/mol. The summed E-state index contributed by atoms with van der Waals surface area (Å²) in [7, 11) is 1.52. The fourth-order valence-corrected chi connectivity index (χ4v) is 10.7. The Morgan fingerprint density at radius 1 is 1.02 bits per heavy atom. The third-order valence-electron chi connectivity index (χ3n) is 12.1. The van der Waals surface area contributed by atoms with Gasteiger partial charge in [-0.2, -0.15) is 0 Å². The Bertz CT molecular complexity index is 2050. The SMILES string of the molecule is C=CCOC12Oc3ccc(Oc4ccc(OC)c(C=O)c4)cc3C3C(CCCCO)C(CCCCO)C=C(C(=NOC4CCCCO4)CC1Sc1ccc(NC(C)=O)cc1)C32. The average molecular weight is 855 g/mol. The van der Waals surface area contributed by atoms with Crippen molar-refractivity contribution in [3.05, 3.63) is 96.1 Å². The maximum Gasteiger partial charge on any atom is 0.231 e. The monoisotopic (exact) mass is 854 g/mol. The van der Waals surface area contributed by atoms with Crippen LogP contribution in [-0.4, -0.2) is 79.0 Å². The van der Waals surface area contributed by atoms with Crippen LogP contribution in [0.15, 0.2) is 95.0 Å². The van der Waals surface area contributed by atoms with Crippen LogP contribution in [-0.2, 0) is 19.1 Å². The zero-order valence-electron chi connectivity index (χ0n) is 35.1. The van der Waals surface area contributed by atoms with Gasteiger partial charge in [0.15, 0.2) is 6.29 Å². The first-order valence-electron chi connectivity index (χ1n) is 21.5. The number of thioether (sulfide) groups is 1. The van der Waals surface area contributed by atoms with Gasteiger partial charge in [-0.3, -0.25) is 9.59 Å². The molecular formula is C48H58N2O10S. The zero-order valence-corrected chi connectivity index (χ0v) is 35.9. The van der Waals surface area contributed by atoms with Gasteiger partial charge in [-0.05, 0) is 117 Å². The molecule has 1 amide bonds. The van der Waals surface area contributed by atoms with Crippen LogP contribution in [0, 0.1) is 17.8 Å². The molecule has 7 rings (SSSR count). The molecule has 7 atom stereocenters. The molecule has 2 aliphatic carbocycles. The highest BCUT2D eigenvalue weighted by Crippen LogP contribution is 2.63. The first kappa shape index (κ1) is 44.4. The van der Waals surface area contributed by atoms with Gasteiger partial charge in [0.25, 0.3) is 0 Å². The Morgan fingerprint density at radius 3 is 2.49 bits per heavy atom. The topological polar surface area (TPSA) is 154 Å². The molecule has 4 aliphatic rings. The van der Waals surface area contributed by atoms with Gasteiger partial charge in [0.2, 0.25) is 18.0 Å². The number of nitrogens with zero attached hydrogens (tertiary/aromatic N) is 1. The van der Waals surface area contributed by atoms with E-state index < -0.39 is 12.1 Å². The molecule has 326 valence electrons. The van der Waals surface area contributed by atoms with Crippen molar-refractivity contribution in [1.82, 2.24) is 0 Å². The lowest BCUT2D eigenvalue weighted by atomic mass is 9.56. The number of hydrogen-bond acceptors (Lipinski definition) is 12. The number of aldehydes is 1. The van der Waals surface area contributed by atoms with Gasteiger partial charge in [0.05, 0.1) is 42.8 Å². The average Bonchev–Trinajstić information content (AvgIpc) is 3.27. The van der Waals surface area contributed by atoms with Crippen molar-refractivity contribution >= 4 is 35.4 Å². The highest BCUT2D eigenvalue weighted by molar-refractivity contribution is 8.00. The van der Waals surface area contributed by atoms with Crippen molar-refractivity contribution in [2.45, 2.75) is 99.3 Å². The molecule has 0 spiro atoms. The number of ether oxygens (including phenoxy) is 5. The van der Waals surface area contributed by atoms with E-state index in [-0.39, 0.29) is 54.6 Å². The lowest BCUT2D eigenvalue weighted by molar-refractivity contribution is -0.223. The summed E-state index contributed by atoms with van der Waals surface area (Å²) in [6.07, 6.45) is 12.3. The van der Waals surface area contributed by atoms with Gasteiger partial charge in [0, 0.05) is 55.0 Å². The number of hydrogen-bond donors (Lipinski definition) is 3. The number of anilines is 1. The summed E-state index contributed by atoms with van der Waals surface area (Å²) in [5.41, 5.74) is 3.88. The molecule has 2 aliphatic heterocycles. The van der Waals surface area contributed by atoms with Crippen molar-refractivity contribution in [2.24, 2.45) is 22.9 Å². The van der Waals surface area contributed by atoms with Crippen LogP contribution < -0.4 is 19.5 Å². The van der Waals surface area contributed by atoms with Crippen molar-refractivity contribution < 1.29 is 48.3 Å². The maximum absolute atomic E-state index is 11.9. The van der Waals surface area contributed by atoms with Crippen LogP contribution in [0.3, 0.4) is 0 Å². The highest BCUT2D eigenvalue weighted by atomic mass is 32.2. The summed E-state index contributed by atoms with van der Waals surface area (Å²) in [6.45, 7) is 6.60. The number of carbonyl (C=O) groups is 2. The molecule has 3 aromatic carbocycles. The number of aliphatic hydroxyl groups excluding tert-OH is 2. The van der Waals surface area contributed by atoms with Gasteiger partial charge >= 0.3 is 0 Å². The van der Waals surface area contributed by atoms with Gasteiger partial charge in [-0.1, -0.05) is 30.1 Å². The van der Waals surface area contributed by atoms with E-state index >= 15 is 0 Å². The lowest BCUT2D eigenvalue weighted by Gasteiger charge is -2.58. The summed E-state index contributed by atoms with van der Waals surface area (Å²) < 4.78 is 32.2. The third-order valence-corrected chi connectivity index (χ3v) is 13.4. The van der Waals surface area contributed by atoms with Crippen molar-refractivity contribution in [3.8, 4) is 23.0 Å².